The molecule has 0 bridgehead atoms. The first-order chi connectivity index (χ1) is 7.20. The van der Waals surface area contributed by atoms with Gasteiger partial charge in [-0.2, -0.15) is 10.2 Å². The number of aromatic nitrogens is 2. The third-order valence-electron chi connectivity index (χ3n) is 2.42. The van der Waals surface area contributed by atoms with Gasteiger partial charge in [-0.1, -0.05) is 6.08 Å². The van der Waals surface area contributed by atoms with Crippen LogP contribution in [0.15, 0.2) is 23.3 Å². The molecule has 4 nitrogen and oxygen atoms in total. The van der Waals surface area contributed by atoms with Gasteiger partial charge in [-0.25, -0.2) is 4.68 Å². The lowest BCUT2D eigenvalue weighted by Gasteiger charge is -2.19. The highest BCUT2D eigenvalue weighted by Gasteiger charge is 2.10. The minimum atomic E-state index is 0.888. The van der Waals surface area contributed by atoms with Crippen LogP contribution in [0, 0.1) is 13.8 Å². The molecule has 0 saturated heterocycles. The van der Waals surface area contributed by atoms with Crippen LogP contribution in [-0.2, 0) is 0 Å². The maximum atomic E-state index is 4.51. The monoisotopic (exact) mass is 204 g/mol. The van der Waals surface area contributed by atoms with Gasteiger partial charge in [-0.3, -0.25) is 5.01 Å². The molecule has 1 aliphatic rings. The standard InChI is InChI=1S/C11H16N4/c1-4-14-7-5-6-11(13-14)15-10(3)8-9(2)12-15/h5-6,8H,4,7H2,1-3H3. The van der Waals surface area contributed by atoms with Crippen molar-refractivity contribution < 1.29 is 0 Å². The van der Waals surface area contributed by atoms with Crippen molar-refractivity contribution in [3.63, 3.8) is 0 Å². The molecule has 0 aliphatic carbocycles. The van der Waals surface area contributed by atoms with Crippen LogP contribution < -0.4 is 0 Å². The predicted octanol–water partition coefficient (Wildman–Crippen LogP) is 1.55. The van der Waals surface area contributed by atoms with Crippen molar-refractivity contribution in [2.45, 2.75) is 20.8 Å². The Labute approximate surface area is 89.9 Å². The van der Waals surface area contributed by atoms with Gasteiger partial charge < -0.3 is 0 Å². The van der Waals surface area contributed by atoms with Crippen LogP contribution in [0.5, 0.6) is 0 Å². The van der Waals surface area contributed by atoms with E-state index in [2.05, 4.69) is 29.3 Å². The zero-order valence-corrected chi connectivity index (χ0v) is 9.44. The first-order valence-electron chi connectivity index (χ1n) is 5.24. The molecule has 2 heterocycles. The Morgan fingerprint density at radius 3 is 2.80 bits per heavy atom. The fourth-order valence-corrected chi connectivity index (χ4v) is 1.67. The number of hydrogen-bond donors (Lipinski definition) is 0. The Hall–Kier alpha value is -1.58. The Bertz CT molecular complexity index is 414. The van der Waals surface area contributed by atoms with E-state index in [0.29, 0.717) is 0 Å². The van der Waals surface area contributed by atoms with E-state index in [1.807, 2.05) is 29.6 Å². The third-order valence-corrected chi connectivity index (χ3v) is 2.42. The van der Waals surface area contributed by atoms with Gasteiger partial charge >= 0.3 is 0 Å². The topological polar surface area (TPSA) is 33.4 Å². The van der Waals surface area contributed by atoms with Crippen molar-refractivity contribution in [1.29, 1.82) is 0 Å². The first kappa shape index (κ1) is 9.96. The molecule has 0 amide bonds. The minimum absolute atomic E-state index is 0.888. The second kappa shape index (κ2) is 3.88. The summed E-state index contributed by atoms with van der Waals surface area (Å²) in [6.45, 7) is 7.95. The van der Waals surface area contributed by atoms with Crippen LogP contribution in [0.3, 0.4) is 0 Å². The van der Waals surface area contributed by atoms with Crippen LogP contribution in [0.4, 0.5) is 0 Å². The maximum absolute atomic E-state index is 4.51. The lowest BCUT2D eigenvalue weighted by molar-refractivity contribution is 0.332. The number of likely N-dealkylation sites (N-methyl/N-ethyl adjacent to an activating group) is 1. The smallest absolute Gasteiger partial charge is 0.173 e. The Morgan fingerprint density at radius 1 is 1.40 bits per heavy atom. The van der Waals surface area contributed by atoms with Gasteiger partial charge in [0.05, 0.1) is 12.2 Å². The molecular formula is C11H16N4. The highest BCUT2D eigenvalue weighted by molar-refractivity contribution is 5.94. The first-order valence-corrected chi connectivity index (χ1v) is 5.24. The predicted molar refractivity (Wildman–Crippen MR) is 60.9 cm³/mol. The van der Waals surface area contributed by atoms with Crippen molar-refractivity contribution >= 4 is 5.84 Å². The highest BCUT2D eigenvalue weighted by Crippen LogP contribution is 2.06. The van der Waals surface area contributed by atoms with Gasteiger partial charge in [0.15, 0.2) is 5.84 Å². The summed E-state index contributed by atoms with van der Waals surface area (Å²) in [5.74, 6) is 0.897. The van der Waals surface area contributed by atoms with Crippen LogP contribution in [0.2, 0.25) is 0 Å². The van der Waals surface area contributed by atoms with Gasteiger partial charge in [0, 0.05) is 12.2 Å². The largest absolute Gasteiger partial charge is 0.291 e. The molecule has 0 unspecified atom stereocenters. The summed E-state index contributed by atoms with van der Waals surface area (Å²) in [5, 5.41) is 10.9. The van der Waals surface area contributed by atoms with Gasteiger partial charge in [-0.05, 0) is 32.9 Å². The zero-order valence-electron chi connectivity index (χ0n) is 9.44. The number of nitrogens with zero attached hydrogens (tertiary/aromatic N) is 4. The maximum Gasteiger partial charge on any atom is 0.173 e. The normalized spacial score (nSPS) is 15.7. The zero-order chi connectivity index (χ0) is 10.8. The van der Waals surface area contributed by atoms with E-state index >= 15 is 0 Å². The molecule has 1 aliphatic heterocycles. The molecule has 0 saturated carbocycles. The third kappa shape index (κ3) is 1.93. The summed E-state index contributed by atoms with van der Waals surface area (Å²) in [4.78, 5) is 0. The summed E-state index contributed by atoms with van der Waals surface area (Å²) in [6, 6.07) is 2.06. The van der Waals surface area contributed by atoms with E-state index in [4.69, 9.17) is 0 Å². The number of hydrazone groups is 1. The Morgan fingerprint density at radius 2 is 2.20 bits per heavy atom. The molecule has 0 radical (unpaired) electrons. The average Bonchev–Trinajstić information content (AvgIpc) is 2.58. The van der Waals surface area contributed by atoms with Crippen LogP contribution in [-0.4, -0.2) is 33.7 Å². The van der Waals surface area contributed by atoms with E-state index < -0.39 is 0 Å². The van der Waals surface area contributed by atoms with E-state index in [9.17, 15) is 0 Å². The SMILES string of the molecule is CCN1CC=CC(n2nc(C)cc2C)=N1. The molecule has 0 N–H and O–H groups in total. The van der Waals surface area contributed by atoms with Crippen molar-refractivity contribution in [3.8, 4) is 0 Å². The number of rotatable bonds is 1. The summed E-state index contributed by atoms with van der Waals surface area (Å²) in [5.41, 5.74) is 2.14. The molecule has 1 aromatic heterocycles. The van der Waals surface area contributed by atoms with Gasteiger partial charge in [0.2, 0.25) is 0 Å². The van der Waals surface area contributed by atoms with Gasteiger partial charge in [0.1, 0.15) is 0 Å². The molecule has 4 heteroatoms. The van der Waals surface area contributed by atoms with E-state index in [0.717, 1.165) is 30.3 Å². The van der Waals surface area contributed by atoms with Crippen molar-refractivity contribution in [2.75, 3.05) is 13.1 Å². The molecule has 0 atom stereocenters. The second-order valence-corrected chi connectivity index (χ2v) is 3.70. The van der Waals surface area contributed by atoms with Gasteiger partial charge in [0.25, 0.3) is 0 Å². The molecule has 80 valence electrons. The average molecular weight is 204 g/mol. The summed E-state index contributed by atoms with van der Waals surface area (Å²) < 4.78 is 1.88. The van der Waals surface area contributed by atoms with Crippen molar-refractivity contribution in [1.82, 2.24) is 14.8 Å². The number of aryl methyl sites for hydroxylation is 2. The summed E-state index contributed by atoms with van der Waals surface area (Å²) in [7, 11) is 0. The van der Waals surface area contributed by atoms with E-state index in [1.54, 1.807) is 0 Å². The Kier molecular flexibility index (Phi) is 2.58. The van der Waals surface area contributed by atoms with Crippen molar-refractivity contribution in [2.24, 2.45) is 5.10 Å². The van der Waals surface area contributed by atoms with E-state index in [-0.39, 0.29) is 0 Å². The quantitative estimate of drug-likeness (QED) is 0.695. The van der Waals surface area contributed by atoms with E-state index in [1.165, 1.54) is 0 Å². The second-order valence-electron chi connectivity index (χ2n) is 3.70. The van der Waals surface area contributed by atoms with Crippen LogP contribution in [0.25, 0.3) is 0 Å². The minimum Gasteiger partial charge on any atom is -0.291 e. The molecular weight excluding hydrogens is 188 g/mol. The molecule has 0 aromatic carbocycles. The van der Waals surface area contributed by atoms with Crippen molar-refractivity contribution in [3.05, 3.63) is 29.6 Å². The molecule has 15 heavy (non-hydrogen) atoms. The molecule has 0 fully saturated rings. The van der Waals surface area contributed by atoms with Gasteiger partial charge in [-0.15, -0.1) is 0 Å². The fourth-order valence-electron chi connectivity index (χ4n) is 1.67. The lowest BCUT2D eigenvalue weighted by Crippen LogP contribution is -2.26. The van der Waals surface area contributed by atoms with Crippen LogP contribution >= 0.6 is 0 Å². The molecule has 0 spiro atoms. The lowest BCUT2D eigenvalue weighted by atomic mass is 10.3. The molecule has 1 aromatic rings. The number of hydrogen-bond acceptors (Lipinski definition) is 3. The summed E-state index contributed by atoms with van der Waals surface area (Å²) >= 11 is 0. The fraction of sp³-hybridized carbons (Fsp3) is 0.455. The van der Waals surface area contributed by atoms with Crippen LogP contribution in [0.1, 0.15) is 18.3 Å². The summed E-state index contributed by atoms with van der Waals surface area (Å²) in [6.07, 6.45) is 4.13. The molecule has 2 rings (SSSR count). The Balaban J connectivity index is 2.34. The highest BCUT2D eigenvalue weighted by atomic mass is 15.5. The number of allylic oxidation sites excluding steroid dienone is 1.